The lowest BCUT2D eigenvalue weighted by Crippen LogP contribution is -2.54. The van der Waals surface area contributed by atoms with Crippen molar-refractivity contribution >= 4 is 18.1 Å². The number of cyclic esters (lactones) is 1. The van der Waals surface area contributed by atoms with E-state index >= 15 is 0 Å². The number of fused-ring (bicyclic) bond motifs is 1. The van der Waals surface area contributed by atoms with Crippen molar-refractivity contribution in [2.75, 3.05) is 32.8 Å². The number of allylic oxidation sites excluding steroid dienone is 2. The van der Waals surface area contributed by atoms with Crippen molar-refractivity contribution < 1.29 is 33.3 Å². The molecule has 0 radical (unpaired) electrons. The van der Waals surface area contributed by atoms with Crippen LogP contribution in [0.4, 0.5) is 9.59 Å². The minimum absolute atomic E-state index is 0.0144. The van der Waals surface area contributed by atoms with Gasteiger partial charge in [-0.3, -0.25) is 9.69 Å². The number of hydrogen-bond acceptors (Lipinski definition) is 7. The Morgan fingerprint density at radius 1 is 0.955 bits per heavy atom. The number of amides is 3. The zero-order valence-corrected chi connectivity index (χ0v) is 25.9. The summed E-state index contributed by atoms with van der Waals surface area (Å²) in [7, 11) is 0. The summed E-state index contributed by atoms with van der Waals surface area (Å²) in [5.41, 5.74) is 0.960. The summed E-state index contributed by atoms with van der Waals surface area (Å²) in [6.45, 7) is 8.39. The Bertz CT molecular complexity index is 1340. The van der Waals surface area contributed by atoms with Gasteiger partial charge in [0, 0.05) is 56.7 Å². The quantitative estimate of drug-likeness (QED) is 0.394. The first-order valence-corrected chi connectivity index (χ1v) is 15.9. The molecule has 3 heterocycles. The van der Waals surface area contributed by atoms with E-state index < -0.39 is 5.60 Å². The highest BCUT2D eigenvalue weighted by Crippen LogP contribution is 2.34. The molecule has 3 amide bonds. The average Bonchev–Trinajstić information content (AvgIpc) is 3.84. The van der Waals surface area contributed by atoms with E-state index in [0.717, 1.165) is 18.4 Å². The molecule has 2 saturated heterocycles. The number of carbonyl (C=O) groups excluding carboxylic acids is 3. The van der Waals surface area contributed by atoms with Crippen LogP contribution < -0.4 is 9.47 Å². The fourth-order valence-corrected chi connectivity index (χ4v) is 6.13. The highest BCUT2D eigenvalue weighted by Gasteiger charge is 2.38. The molecule has 0 bridgehead atoms. The van der Waals surface area contributed by atoms with Crippen molar-refractivity contribution in [1.82, 2.24) is 14.7 Å². The van der Waals surface area contributed by atoms with Gasteiger partial charge in [0.15, 0.2) is 0 Å². The smallest absolute Gasteiger partial charge is 0.415 e. The van der Waals surface area contributed by atoms with Gasteiger partial charge in [-0.1, -0.05) is 24.3 Å². The number of ether oxygens (including phenoxy) is 4. The van der Waals surface area contributed by atoms with E-state index in [2.05, 4.69) is 0 Å². The zero-order valence-electron chi connectivity index (χ0n) is 25.9. The Kier molecular flexibility index (Phi) is 8.60. The van der Waals surface area contributed by atoms with Crippen LogP contribution in [0.3, 0.4) is 0 Å². The van der Waals surface area contributed by atoms with Crippen LogP contribution >= 0.6 is 0 Å². The van der Waals surface area contributed by atoms with Crippen molar-refractivity contribution in [2.45, 2.75) is 83.1 Å². The van der Waals surface area contributed by atoms with E-state index in [1.54, 1.807) is 11.0 Å². The summed E-state index contributed by atoms with van der Waals surface area (Å²) < 4.78 is 23.4. The second-order valence-corrected chi connectivity index (χ2v) is 13.3. The van der Waals surface area contributed by atoms with Gasteiger partial charge in [-0.15, -0.1) is 0 Å². The van der Waals surface area contributed by atoms with E-state index in [-0.39, 0.29) is 36.3 Å². The Morgan fingerprint density at radius 3 is 2.39 bits per heavy atom. The molecule has 3 aliphatic heterocycles. The van der Waals surface area contributed by atoms with E-state index in [1.807, 2.05) is 67.0 Å². The predicted octanol–water partition coefficient (Wildman–Crippen LogP) is 5.69. The molecule has 1 unspecified atom stereocenters. The van der Waals surface area contributed by atoms with Crippen LogP contribution in [0, 0.1) is 5.92 Å². The Morgan fingerprint density at radius 2 is 1.68 bits per heavy atom. The molecular formula is C34H43N3O7. The standard InChI is InChI=1S/C34H43N3O7/c1-34(2,3)44-32(39)36-18-14-26(15-19-36)43-27-10-11-28(30(20-27)41-21-23-8-9-23)31(38)35-16-12-25(13-17-35)37-29-7-5-4-6-24(29)22-42-33(37)40/h4-7,10-11,20,22-23,25-26,29H,8-9,12-19,21H2,1-3H3. The number of piperidine rings is 2. The molecule has 0 N–H and O–H groups in total. The van der Waals surface area contributed by atoms with E-state index in [0.29, 0.717) is 81.4 Å². The van der Waals surface area contributed by atoms with Gasteiger partial charge < -0.3 is 28.7 Å². The first kappa shape index (κ1) is 30.1. The number of likely N-dealkylation sites (tertiary alicyclic amines) is 2. The molecule has 1 saturated carbocycles. The lowest BCUT2D eigenvalue weighted by molar-refractivity contribution is 0.0126. The van der Waals surface area contributed by atoms with Gasteiger partial charge in [-0.25, -0.2) is 9.59 Å². The molecule has 0 aromatic heterocycles. The van der Waals surface area contributed by atoms with Crippen molar-refractivity contribution in [2.24, 2.45) is 5.92 Å². The van der Waals surface area contributed by atoms with Gasteiger partial charge in [-0.05, 0) is 64.5 Å². The van der Waals surface area contributed by atoms with E-state index in [1.165, 1.54) is 6.26 Å². The molecular weight excluding hydrogens is 562 g/mol. The Hall–Kier alpha value is -3.95. The molecule has 0 spiro atoms. The van der Waals surface area contributed by atoms with Gasteiger partial charge in [0.25, 0.3) is 5.91 Å². The van der Waals surface area contributed by atoms with Crippen molar-refractivity contribution in [1.29, 1.82) is 0 Å². The van der Waals surface area contributed by atoms with Gasteiger partial charge in [0.1, 0.15) is 29.5 Å². The largest absolute Gasteiger partial charge is 0.492 e. The number of hydrogen-bond donors (Lipinski definition) is 0. The molecule has 10 nitrogen and oxygen atoms in total. The third-order valence-electron chi connectivity index (χ3n) is 8.74. The van der Waals surface area contributed by atoms with Crippen LogP contribution in [0.15, 0.2) is 54.3 Å². The summed E-state index contributed by atoms with van der Waals surface area (Å²) in [4.78, 5) is 44.3. The topological polar surface area (TPSA) is 97.9 Å². The summed E-state index contributed by atoms with van der Waals surface area (Å²) in [6.07, 6.45) is 13.7. The third kappa shape index (κ3) is 7.05. The first-order chi connectivity index (χ1) is 21.1. The van der Waals surface area contributed by atoms with Gasteiger partial charge in [0.2, 0.25) is 0 Å². The molecule has 5 aliphatic rings. The molecule has 1 atom stereocenters. The number of nitrogens with zero attached hydrogens (tertiary/aromatic N) is 3. The number of carbonyl (C=O) groups is 3. The molecule has 1 aromatic rings. The van der Waals surface area contributed by atoms with Crippen LogP contribution in [-0.4, -0.2) is 89.4 Å². The van der Waals surface area contributed by atoms with Gasteiger partial charge >= 0.3 is 12.2 Å². The fourth-order valence-electron chi connectivity index (χ4n) is 6.13. The summed E-state index contributed by atoms with van der Waals surface area (Å²) in [5, 5.41) is 0. The molecule has 236 valence electrons. The molecule has 6 rings (SSSR count). The van der Waals surface area contributed by atoms with Crippen molar-refractivity contribution in [3.63, 3.8) is 0 Å². The maximum absolute atomic E-state index is 13.8. The minimum atomic E-state index is -0.524. The minimum Gasteiger partial charge on any atom is -0.492 e. The number of rotatable bonds is 7. The van der Waals surface area contributed by atoms with Gasteiger partial charge in [0.05, 0.1) is 18.2 Å². The Balaban J connectivity index is 1.08. The monoisotopic (exact) mass is 605 g/mol. The van der Waals surface area contributed by atoms with Crippen molar-refractivity contribution in [3.05, 3.63) is 59.9 Å². The Labute approximate surface area is 259 Å². The fraction of sp³-hybridized carbons (Fsp3) is 0.559. The maximum atomic E-state index is 13.8. The maximum Gasteiger partial charge on any atom is 0.415 e. The highest BCUT2D eigenvalue weighted by molar-refractivity contribution is 5.97. The second kappa shape index (κ2) is 12.6. The first-order valence-electron chi connectivity index (χ1n) is 15.9. The van der Waals surface area contributed by atoms with Crippen LogP contribution in [-0.2, 0) is 9.47 Å². The van der Waals surface area contributed by atoms with Gasteiger partial charge in [-0.2, -0.15) is 0 Å². The second-order valence-electron chi connectivity index (χ2n) is 13.3. The summed E-state index contributed by atoms with van der Waals surface area (Å²) >= 11 is 0. The SMILES string of the molecule is CC(C)(C)OC(=O)N1CCC(Oc2ccc(C(=O)N3CCC(N4C(=O)OC=C5C=CC=CC54)CC3)c(OCC3CC3)c2)CC1. The third-order valence-corrected chi connectivity index (χ3v) is 8.74. The normalized spacial score (nSPS) is 22.7. The molecule has 44 heavy (non-hydrogen) atoms. The van der Waals surface area contributed by atoms with Crippen molar-refractivity contribution in [3.8, 4) is 11.5 Å². The molecule has 3 fully saturated rings. The lowest BCUT2D eigenvalue weighted by Gasteiger charge is -2.43. The van der Waals surface area contributed by atoms with Crippen LogP contribution in [0.5, 0.6) is 11.5 Å². The lowest BCUT2D eigenvalue weighted by atomic mass is 9.95. The molecule has 2 aliphatic carbocycles. The average molecular weight is 606 g/mol. The summed E-state index contributed by atoms with van der Waals surface area (Å²) in [5.74, 6) is 1.65. The van der Waals surface area contributed by atoms with E-state index in [4.69, 9.17) is 18.9 Å². The van der Waals surface area contributed by atoms with E-state index in [9.17, 15) is 14.4 Å². The zero-order chi connectivity index (χ0) is 30.8. The highest BCUT2D eigenvalue weighted by atomic mass is 16.6. The number of benzene rings is 1. The predicted molar refractivity (Wildman–Crippen MR) is 164 cm³/mol. The summed E-state index contributed by atoms with van der Waals surface area (Å²) in [6, 6.07) is 5.33. The van der Waals surface area contributed by atoms with Crippen LogP contribution in [0.25, 0.3) is 0 Å². The van der Waals surface area contributed by atoms with Crippen LogP contribution in [0.2, 0.25) is 0 Å². The van der Waals surface area contributed by atoms with Crippen LogP contribution in [0.1, 0.15) is 69.7 Å². The molecule has 1 aromatic carbocycles. The molecule has 10 heteroatoms.